The predicted octanol–water partition coefficient (Wildman–Crippen LogP) is 16.0. The van der Waals surface area contributed by atoms with E-state index in [4.69, 9.17) is 9.97 Å². The lowest BCUT2D eigenvalue weighted by atomic mass is 9.96. The van der Waals surface area contributed by atoms with Crippen LogP contribution in [0.15, 0.2) is 200 Å². The van der Waals surface area contributed by atoms with Gasteiger partial charge in [0, 0.05) is 41.9 Å². The Labute approximate surface area is 360 Å². The smallest absolute Gasteiger partial charge is 0.235 e. The monoisotopic (exact) mass is 803 g/mol. The van der Waals surface area contributed by atoms with Gasteiger partial charge < -0.3 is 0 Å². The van der Waals surface area contributed by atoms with Crippen LogP contribution in [0, 0.1) is 0 Å². The molecule has 14 rings (SSSR count). The van der Waals surface area contributed by atoms with E-state index >= 15 is 0 Å². The Morgan fingerprint density at radius 1 is 0.339 bits per heavy atom. The van der Waals surface area contributed by atoms with Crippen molar-refractivity contribution in [3.63, 3.8) is 0 Å². The Morgan fingerprint density at radius 3 is 1.85 bits per heavy atom. The normalized spacial score (nSPS) is 12.2. The lowest BCUT2D eigenvalue weighted by molar-refractivity contribution is 1.01. The van der Waals surface area contributed by atoms with Gasteiger partial charge in [-0.2, -0.15) is 0 Å². The molecule has 4 heteroatoms. The van der Waals surface area contributed by atoms with Crippen LogP contribution in [0.1, 0.15) is 0 Å². The summed E-state index contributed by atoms with van der Waals surface area (Å²) in [6.07, 6.45) is 0. The average Bonchev–Trinajstić information content (AvgIpc) is 3.99. The van der Waals surface area contributed by atoms with Crippen molar-refractivity contribution in [2.75, 3.05) is 0 Å². The van der Waals surface area contributed by atoms with Gasteiger partial charge in [0.05, 0.1) is 22.2 Å². The third-order valence-corrected chi connectivity index (χ3v) is 14.3. The Morgan fingerprint density at radius 2 is 0.984 bits per heavy atom. The van der Waals surface area contributed by atoms with Gasteiger partial charge in [-0.3, -0.25) is 4.57 Å². The molecule has 0 amide bonds. The third kappa shape index (κ3) is 4.81. The maximum Gasteiger partial charge on any atom is 0.235 e. The third-order valence-electron chi connectivity index (χ3n) is 13.1. The zero-order valence-corrected chi connectivity index (χ0v) is 34.1. The molecule has 3 nitrogen and oxygen atoms in total. The molecule has 0 spiro atoms. The second-order valence-electron chi connectivity index (χ2n) is 16.5. The highest BCUT2D eigenvalue weighted by molar-refractivity contribution is 7.26. The fourth-order valence-corrected chi connectivity index (χ4v) is 11.5. The first kappa shape index (κ1) is 33.9. The minimum atomic E-state index is 0.658. The van der Waals surface area contributed by atoms with Gasteiger partial charge in [-0.1, -0.05) is 158 Å². The van der Waals surface area contributed by atoms with Crippen molar-refractivity contribution >= 4 is 85.8 Å². The molecule has 3 heterocycles. The summed E-state index contributed by atoms with van der Waals surface area (Å²) >= 11 is 1.90. The van der Waals surface area contributed by atoms with Gasteiger partial charge in [-0.25, -0.2) is 9.97 Å². The summed E-state index contributed by atoms with van der Waals surface area (Å²) in [6, 6.07) is 72.9. The van der Waals surface area contributed by atoms with Gasteiger partial charge in [0.15, 0.2) is 0 Å². The molecule has 0 N–H and O–H groups in total. The molecular weight excluding hydrogens is 771 g/mol. The summed E-state index contributed by atoms with van der Waals surface area (Å²) in [7, 11) is 0. The lowest BCUT2D eigenvalue weighted by Gasteiger charge is -2.14. The topological polar surface area (TPSA) is 30.7 Å². The van der Waals surface area contributed by atoms with Gasteiger partial charge in [0.2, 0.25) is 5.95 Å². The lowest BCUT2D eigenvalue weighted by Crippen LogP contribution is -2.03. The first-order valence-corrected chi connectivity index (χ1v) is 22.0. The van der Waals surface area contributed by atoms with E-state index in [0.717, 1.165) is 38.6 Å². The van der Waals surface area contributed by atoms with E-state index in [1.807, 2.05) is 11.3 Å². The van der Waals surface area contributed by atoms with Crippen LogP contribution >= 0.6 is 11.3 Å². The maximum atomic E-state index is 5.51. The molecule has 0 saturated carbocycles. The van der Waals surface area contributed by atoms with Crippen LogP contribution in [0.4, 0.5) is 0 Å². The van der Waals surface area contributed by atoms with Crippen molar-refractivity contribution in [2.45, 2.75) is 0 Å². The van der Waals surface area contributed by atoms with Gasteiger partial charge in [-0.15, -0.1) is 11.3 Å². The molecule has 0 radical (unpaired) electrons. The Bertz CT molecular complexity index is 4030. The van der Waals surface area contributed by atoms with Gasteiger partial charge in [-0.05, 0) is 109 Å². The number of hydrogen-bond acceptors (Lipinski definition) is 3. The van der Waals surface area contributed by atoms with E-state index in [1.54, 1.807) is 0 Å². The summed E-state index contributed by atoms with van der Waals surface area (Å²) in [5, 5.41) is 11.1. The molecule has 0 fully saturated rings. The fourth-order valence-electron chi connectivity index (χ4n) is 10.3. The van der Waals surface area contributed by atoms with E-state index in [-0.39, 0.29) is 0 Å². The quantitative estimate of drug-likeness (QED) is 0.166. The zero-order valence-electron chi connectivity index (χ0n) is 33.3. The summed E-state index contributed by atoms with van der Waals surface area (Å²) in [6.45, 7) is 0. The van der Waals surface area contributed by atoms with Crippen molar-refractivity contribution in [1.82, 2.24) is 14.5 Å². The average molecular weight is 804 g/mol. The SMILES string of the molecule is c1ccc(-c2ccc(-c3nc(-n4c5ccccc5c5cc(-c6ccc7sc8cc9c%10c(cccc%10c8c7c6)-c6ccccc6-9)ccc54)nc4ccc5ccccc5c34)cc2)cc1. The number of thiophene rings is 1. The van der Waals surface area contributed by atoms with Gasteiger partial charge >= 0.3 is 0 Å². The number of hydrogen-bond donors (Lipinski definition) is 0. The second-order valence-corrected chi connectivity index (χ2v) is 17.5. The minimum Gasteiger partial charge on any atom is -0.278 e. The number of nitrogens with zero attached hydrogens (tertiary/aromatic N) is 3. The Hall–Kier alpha value is -7.92. The first-order valence-electron chi connectivity index (χ1n) is 21.1. The van der Waals surface area contributed by atoms with Crippen LogP contribution in [-0.2, 0) is 0 Å². The van der Waals surface area contributed by atoms with Crippen molar-refractivity contribution in [3.8, 4) is 61.7 Å². The molecule has 3 aromatic heterocycles. The fraction of sp³-hybridized carbons (Fsp3) is 0. The van der Waals surface area contributed by atoms with E-state index in [1.165, 1.54) is 91.6 Å². The number of fused-ring (bicyclic) bond motifs is 13. The number of aromatic nitrogens is 3. The van der Waals surface area contributed by atoms with Crippen molar-refractivity contribution in [1.29, 1.82) is 0 Å². The van der Waals surface area contributed by atoms with Crippen LogP contribution in [0.3, 0.4) is 0 Å². The molecular formula is C58H33N3S. The highest BCUT2D eigenvalue weighted by Gasteiger charge is 2.24. The molecule has 10 aromatic carbocycles. The number of benzene rings is 10. The molecule has 0 bridgehead atoms. The first-order chi connectivity index (χ1) is 30.7. The zero-order chi connectivity index (χ0) is 40.5. The van der Waals surface area contributed by atoms with Crippen LogP contribution in [-0.4, -0.2) is 14.5 Å². The van der Waals surface area contributed by atoms with Crippen LogP contribution in [0.25, 0.3) is 136 Å². The van der Waals surface area contributed by atoms with Crippen LogP contribution < -0.4 is 0 Å². The Balaban J connectivity index is 0.952. The summed E-state index contributed by atoms with van der Waals surface area (Å²) in [5.74, 6) is 0.658. The molecule has 0 atom stereocenters. The molecule has 1 aliphatic rings. The van der Waals surface area contributed by atoms with E-state index in [2.05, 4.69) is 205 Å². The maximum absolute atomic E-state index is 5.51. The minimum absolute atomic E-state index is 0.658. The molecule has 62 heavy (non-hydrogen) atoms. The summed E-state index contributed by atoms with van der Waals surface area (Å²) in [5.41, 5.74) is 15.2. The predicted molar refractivity (Wildman–Crippen MR) is 263 cm³/mol. The van der Waals surface area contributed by atoms with Crippen LogP contribution in [0.2, 0.25) is 0 Å². The van der Waals surface area contributed by atoms with Gasteiger partial charge in [0.1, 0.15) is 0 Å². The number of rotatable bonds is 4. The van der Waals surface area contributed by atoms with Crippen LogP contribution in [0.5, 0.6) is 0 Å². The van der Waals surface area contributed by atoms with Crippen molar-refractivity contribution in [2.24, 2.45) is 0 Å². The molecule has 0 aliphatic heterocycles. The molecule has 13 aromatic rings. The highest BCUT2D eigenvalue weighted by atomic mass is 32.1. The van der Waals surface area contributed by atoms with E-state index < -0.39 is 0 Å². The molecule has 286 valence electrons. The van der Waals surface area contributed by atoms with Crippen molar-refractivity contribution < 1.29 is 0 Å². The van der Waals surface area contributed by atoms with E-state index in [9.17, 15) is 0 Å². The highest BCUT2D eigenvalue weighted by Crippen LogP contribution is 2.52. The van der Waals surface area contributed by atoms with E-state index in [0.29, 0.717) is 5.95 Å². The summed E-state index contributed by atoms with van der Waals surface area (Å²) in [4.78, 5) is 10.9. The van der Waals surface area contributed by atoms with Crippen molar-refractivity contribution in [3.05, 3.63) is 200 Å². The largest absolute Gasteiger partial charge is 0.278 e. The molecule has 0 unspecified atom stereocenters. The summed E-state index contributed by atoms with van der Waals surface area (Å²) < 4.78 is 4.90. The number of para-hydroxylation sites is 1. The Kier molecular flexibility index (Phi) is 6.99. The molecule has 0 saturated heterocycles. The second kappa shape index (κ2) is 12.8. The standard InChI is InChI=1S/C58H33N3S/c1-2-11-34(12-3-1)35-21-23-37(24-22-35)57-56-40-14-5-4-13-36(40)25-28-49(56)59-58(60-57)61-50-20-9-8-17-43(50)46-31-38(26-29-51(46)61)39-27-30-52-48(32-39)55-45-19-10-18-44-41-15-6-7-16-42(41)47(54(44)45)33-53(55)62-52/h1-33H. The van der Waals surface area contributed by atoms with Gasteiger partial charge in [0.25, 0.3) is 0 Å². The molecule has 1 aliphatic carbocycles.